The number of aromatic amines is 1. The van der Waals surface area contributed by atoms with Gasteiger partial charge in [-0.1, -0.05) is 36.4 Å². The molecule has 21 heavy (non-hydrogen) atoms. The Morgan fingerprint density at radius 1 is 1.00 bits per heavy atom. The summed E-state index contributed by atoms with van der Waals surface area (Å²) in [6.07, 6.45) is 1.02. The van der Waals surface area contributed by atoms with E-state index in [0.29, 0.717) is 5.75 Å². The van der Waals surface area contributed by atoms with Crippen LogP contribution in [0.1, 0.15) is 22.9 Å². The quantitative estimate of drug-likeness (QED) is 0.644. The van der Waals surface area contributed by atoms with Crippen LogP contribution >= 0.6 is 12.4 Å². The Bertz CT molecular complexity index is 781. The van der Waals surface area contributed by atoms with Crippen molar-refractivity contribution in [3.05, 3.63) is 65.4 Å². The second kappa shape index (κ2) is 5.43. The number of aromatic hydroxyl groups is 1. The minimum Gasteiger partial charge on any atom is -0.508 e. The Hall–Kier alpha value is -1.97. The van der Waals surface area contributed by atoms with Crippen molar-refractivity contribution in [1.29, 1.82) is 0 Å². The Labute approximate surface area is 129 Å². The largest absolute Gasteiger partial charge is 0.508 e. The highest BCUT2D eigenvalue weighted by atomic mass is 35.5. The number of aromatic nitrogens is 1. The van der Waals surface area contributed by atoms with E-state index in [2.05, 4.69) is 28.5 Å². The molecule has 1 aliphatic heterocycles. The van der Waals surface area contributed by atoms with Gasteiger partial charge in [0.1, 0.15) is 5.75 Å². The van der Waals surface area contributed by atoms with Crippen LogP contribution in [0.5, 0.6) is 5.75 Å². The molecule has 0 saturated carbocycles. The van der Waals surface area contributed by atoms with E-state index in [1.807, 2.05) is 24.3 Å². The van der Waals surface area contributed by atoms with Crippen molar-refractivity contribution in [3.8, 4) is 5.75 Å². The number of nitrogens with one attached hydrogen (secondary N) is 2. The second-order valence-corrected chi connectivity index (χ2v) is 5.26. The standard InChI is InChI=1S/C17H16N2O.ClH/c20-15-8-4-2-6-13(15)16-17-12(9-10-18-16)11-5-1-3-7-14(11)19-17;/h1-8,16,18-20H,9-10H2;1H. The molecule has 108 valence electrons. The average molecular weight is 301 g/mol. The highest BCUT2D eigenvalue weighted by molar-refractivity contribution is 5.85. The number of rotatable bonds is 1. The Morgan fingerprint density at radius 3 is 2.62 bits per heavy atom. The number of halogens is 1. The van der Waals surface area contributed by atoms with Crippen LogP contribution in [-0.4, -0.2) is 16.6 Å². The molecule has 0 fully saturated rings. The van der Waals surface area contributed by atoms with Gasteiger partial charge in [-0.2, -0.15) is 0 Å². The predicted molar refractivity (Wildman–Crippen MR) is 87.2 cm³/mol. The normalized spacial score (nSPS) is 17.2. The van der Waals surface area contributed by atoms with Crippen LogP contribution in [0.15, 0.2) is 48.5 Å². The maximum Gasteiger partial charge on any atom is 0.120 e. The van der Waals surface area contributed by atoms with E-state index >= 15 is 0 Å². The molecule has 4 heteroatoms. The third-order valence-electron chi connectivity index (χ3n) is 4.11. The zero-order valence-electron chi connectivity index (χ0n) is 11.5. The summed E-state index contributed by atoms with van der Waals surface area (Å²) in [5, 5.41) is 14.9. The van der Waals surface area contributed by atoms with E-state index < -0.39 is 0 Å². The van der Waals surface area contributed by atoms with Crippen LogP contribution < -0.4 is 5.32 Å². The molecule has 1 aliphatic rings. The molecule has 3 aromatic rings. The van der Waals surface area contributed by atoms with Gasteiger partial charge in [-0.25, -0.2) is 0 Å². The van der Waals surface area contributed by atoms with Gasteiger partial charge in [-0.3, -0.25) is 0 Å². The van der Waals surface area contributed by atoms with Crippen LogP contribution in [0.2, 0.25) is 0 Å². The number of phenolic OH excluding ortho intramolecular Hbond substituents is 1. The van der Waals surface area contributed by atoms with Gasteiger partial charge in [-0.05, 0) is 24.1 Å². The summed E-state index contributed by atoms with van der Waals surface area (Å²) in [5.74, 6) is 0.344. The minimum atomic E-state index is 0. The molecule has 1 unspecified atom stereocenters. The highest BCUT2D eigenvalue weighted by Crippen LogP contribution is 2.36. The van der Waals surface area contributed by atoms with Crippen molar-refractivity contribution in [1.82, 2.24) is 10.3 Å². The molecule has 0 saturated heterocycles. The van der Waals surface area contributed by atoms with Gasteiger partial charge in [0.05, 0.1) is 6.04 Å². The molecule has 2 heterocycles. The van der Waals surface area contributed by atoms with E-state index in [1.165, 1.54) is 22.2 Å². The number of para-hydroxylation sites is 2. The first-order valence-corrected chi connectivity index (χ1v) is 6.95. The summed E-state index contributed by atoms with van der Waals surface area (Å²) in [5.41, 5.74) is 4.65. The zero-order chi connectivity index (χ0) is 13.5. The fourth-order valence-corrected chi connectivity index (χ4v) is 3.18. The smallest absolute Gasteiger partial charge is 0.120 e. The summed E-state index contributed by atoms with van der Waals surface area (Å²) in [7, 11) is 0. The molecule has 0 spiro atoms. The van der Waals surface area contributed by atoms with Crippen molar-refractivity contribution >= 4 is 23.3 Å². The lowest BCUT2D eigenvalue weighted by Gasteiger charge is -2.25. The topological polar surface area (TPSA) is 48.0 Å². The van der Waals surface area contributed by atoms with Gasteiger partial charge in [0.15, 0.2) is 0 Å². The molecule has 3 nitrogen and oxygen atoms in total. The van der Waals surface area contributed by atoms with E-state index in [1.54, 1.807) is 6.07 Å². The van der Waals surface area contributed by atoms with Crippen LogP contribution in [0.25, 0.3) is 10.9 Å². The zero-order valence-corrected chi connectivity index (χ0v) is 12.3. The molecule has 4 rings (SSSR count). The molecule has 0 aliphatic carbocycles. The van der Waals surface area contributed by atoms with E-state index in [4.69, 9.17) is 0 Å². The first-order chi connectivity index (χ1) is 9.84. The highest BCUT2D eigenvalue weighted by Gasteiger charge is 2.26. The van der Waals surface area contributed by atoms with Gasteiger partial charge in [0.2, 0.25) is 0 Å². The molecule has 1 atom stereocenters. The second-order valence-electron chi connectivity index (χ2n) is 5.26. The van der Waals surface area contributed by atoms with E-state index in [9.17, 15) is 5.11 Å². The summed E-state index contributed by atoms with van der Waals surface area (Å²) in [4.78, 5) is 3.52. The Morgan fingerprint density at radius 2 is 1.76 bits per heavy atom. The number of phenols is 1. The molecule has 3 N–H and O–H groups in total. The van der Waals surface area contributed by atoms with E-state index in [0.717, 1.165) is 18.5 Å². The van der Waals surface area contributed by atoms with Crippen molar-refractivity contribution < 1.29 is 5.11 Å². The number of fused-ring (bicyclic) bond motifs is 3. The lowest BCUT2D eigenvalue weighted by molar-refractivity contribution is 0.452. The van der Waals surface area contributed by atoms with Crippen molar-refractivity contribution in [2.75, 3.05) is 6.54 Å². The SMILES string of the molecule is Cl.Oc1ccccc1C1NCCc2c1[nH]c1ccccc21. The summed E-state index contributed by atoms with van der Waals surface area (Å²) in [6, 6.07) is 16.0. The average Bonchev–Trinajstić information content (AvgIpc) is 2.86. The first kappa shape index (κ1) is 14.0. The molecule has 0 radical (unpaired) electrons. The molecule has 2 aromatic carbocycles. The van der Waals surface area contributed by atoms with Gasteiger partial charge < -0.3 is 15.4 Å². The van der Waals surface area contributed by atoms with E-state index in [-0.39, 0.29) is 18.4 Å². The first-order valence-electron chi connectivity index (χ1n) is 6.95. The fourth-order valence-electron chi connectivity index (χ4n) is 3.18. The fraction of sp³-hybridized carbons (Fsp3) is 0.176. The predicted octanol–water partition coefficient (Wildman–Crippen LogP) is 3.53. The Balaban J connectivity index is 0.00000132. The van der Waals surface area contributed by atoms with Crippen molar-refractivity contribution in [2.24, 2.45) is 0 Å². The molecule has 0 amide bonds. The minimum absolute atomic E-state index is 0. The van der Waals surface area contributed by atoms with Gasteiger partial charge in [0.25, 0.3) is 0 Å². The van der Waals surface area contributed by atoms with Gasteiger partial charge in [-0.15, -0.1) is 12.4 Å². The third-order valence-corrected chi connectivity index (χ3v) is 4.11. The number of hydrogen-bond donors (Lipinski definition) is 3. The number of benzene rings is 2. The van der Waals surface area contributed by atoms with Crippen molar-refractivity contribution in [3.63, 3.8) is 0 Å². The van der Waals surface area contributed by atoms with Gasteiger partial charge >= 0.3 is 0 Å². The van der Waals surface area contributed by atoms with Crippen LogP contribution in [0.3, 0.4) is 0 Å². The summed E-state index contributed by atoms with van der Waals surface area (Å²) in [6.45, 7) is 0.924. The van der Waals surface area contributed by atoms with Crippen molar-refractivity contribution in [2.45, 2.75) is 12.5 Å². The van der Waals surface area contributed by atoms with Gasteiger partial charge in [0, 0.05) is 28.7 Å². The number of hydrogen-bond acceptors (Lipinski definition) is 2. The number of H-pyrrole nitrogens is 1. The molecular formula is C17H17ClN2O. The lowest BCUT2D eigenvalue weighted by Crippen LogP contribution is -2.30. The monoisotopic (exact) mass is 300 g/mol. The summed E-state index contributed by atoms with van der Waals surface area (Å²) < 4.78 is 0. The maximum absolute atomic E-state index is 10.1. The Kier molecular flexibility index (Phi) is 3.62. The summed E-state index contributed by atoms with van der Waals surface area (Å²) >= 11 is 0. The third kappa shape index (κ3) is 2.19. The van der Waals surface area contributed by atoms with Crippen LogP contribution in [0.4, 0.5) is 0 Å². The maximum atomic E-state index is 10.1. The molecule has 1 aromatic heterocycles. The molecular weight excluding hydrogens is 284 g/mol. The van der Waals surface area contributed by atoms with Crippen LogP contribution in [-0.2, 0) is 6.42 Å². The lowest BCUT2D eigenvalue weighted by atomic mass is 9.94. The van der Waals surface area contributed by atoms with Crippen LogP contribution in [0, 0.1) is 0 Å². The molecule has 0 bridgehead atoms.